The first kappa shape index (κ1) is 29.5. The number of hydrogen-bond acceptors (Lipinski definition) is 9. The molecule has 0 amide bonds. The molecule has 3 aromatic rings. The second-order valence-electron chi connectivity index (χ2n) is 10.3. The van der Waals surface area contributed by atoms with Crippen molar-refractivity contribution in [1.29, 1.82) is 0 Å². The van der Waals surface area contributed by atoms with Crippen LogP contribution in [0.25, 0.3) is 11.0 Å². The monoisotopic (exact) mass is 593 g/mol. The molecule has 0 bridgehead atoms. The van der Waals surface area contributed by atoms with Gasteiger partial charge in [-0.15, -0.1) is 0 Å². The van der Waals surface area contributed by atoms with E-state index in [0.29, 0.717) is 10.8 Å². The minimum atomic E-state index is -3.36. The first-order chi connectivity index (χ1) is 19.1. The second-order valence-corrected chi connectivity index (χ2v) is 12.7. The summed E-state index contributed by atoms with van der Waals surface area (Å²) >= 11 is 6.51. The minimum Gasteiger partial charge on any atom is -0.378 e. The van der Waals surface area contributed by atoms with E-state index in [4.69, 9.17) is 39.6 Å². The van der Waals surface area contributed by atoms with Gasteiger partial charge >= 0.3 is 7.60 Å². The summed E-state index contributed by atoms with van der Waals surface area (Å²) in [6.07, 6.45) is -0.130. The van der Waals surface area contributed by atoms with E-state index in [1.165, 1.54) is 0 Å². The summed E-state index contributed by atoms with van der Waals surface area (Å²) in [5, 5.41) is 4.83. The van der Waals surface area contributed by atoms with Gasteiger partial charge in [0, 0.05) is 23.3 Å². The SMILES string of the molecule is CCOP(=O)(COC[C@H]1O[C@@H](n2ccc3c(N[C@H](C)c4ccccc4)cc(Cl)nc32)[C@@H]2OC(C)(C)O[C@@H]21)OCC. The summed E-state index contributed by atoms with van der Waals surface area (Å²) in [6.45, 7) is 10.0. The average Bonchev–Trinajstić information content (AvgIpc) is 3.56. The molecule has 2 saturated heterocycles. The van der Waals surface area contributed by atoms with E-state index >= 15 is 0 Å². The lowest BCUT2D eigenvalue weighted by atomic mass is 10.1. The molecule has 40 heavy (non-hydrogen) atoms. The molecule has 2 aliphatic heterocycles. The molecular weight excluding hydrogens is 557 g/mol. The van der Waals surface area contributed by atoms with Gasteiger partial charge in [0.1, 0.15) is 35.5 Å². The van der Waals surface area contributed by atoms with Gasteiger partial charge in [0.25, 0.3) is 0 Å². The standard InChI is InChI=1S/C28H37ClN3O7P/c1-6-35-40(33,36-7-2)17-34-16-22-24-25(39-28(4,5)38-24)27(37-22)32-14-13-20-21(15-23(29)31-26(20)32)30-18(3)19-11-9-8-10-12-19/h8-15,18,22,24-25,27H,6-7,16-17H2,1-5H3,(H,30,31)/t18-,22-,24-,25-,27-/m1/s1. The van der Waals surface area contributed by atoms with Gasteiger partial charge in [0.05, 0.1) is 19.8 Å². The fourth-order valence-electron chi connectivity index (χ4n) is 5.28. The van der Waals surface area contributed by atoms with Crippen molar-refractivity contribution in [3.63, 3.8) is 0 Å². The molecule has 5 rings (SSSR count). The van der Waals surface area contributed by atoms with Crippen LogP contribution in [0.4, 0.5) is 5.69 Å². The van der Waals surface area contributed by atoms with E-state index in [2.05, 4.69) is 29.4 Å². The first-order valence-electron chi connectivity index (χ1n) is 13.6. The van der Waals surface area contributed by atoms with Crippen LogP contribution in [0.1, 0.15) is 52.5 Å². The number of anilines is 1. The number of rotatable bonds is 12. The van der Waals surface area contributed by atoms with Crippen molar-refractivity contribution in [2.24, 2.45) is 0 Å². The molecule has 10 nitrogen and oxygen atoms in total. The number of fused-ring (bicyclic) bond motifs is 2. The predicted octanol–water partition coefficient (Wildman–Crippen LogP) is 6.52. The van der Waals surface area contributed by atoms with Gasteiger partial charge in [-0.25, -0.2) is 4.98 Å². The maximum Gasteiger partial charge on any atom is 0.356 e. The van der Waals surface area contributed by atoms with Crippen LogP contribution < -0.4 is 5.32 Å². The quantitative estimate of drug-likeness (QED) is 0.186. The number of benzene rings is 1. The van der Waals surface area contributed by atoms with Crippen LogP contribution in [0.15, 0.2) is 48.7 Å². The Kier molecular flexibility index (Phi) is 8.90. The zero-order valence-electron chi connectivity index (χ0n) is 23.4. The maximum absolute atomic E-state index is 12.8. The van der Waals surface area contributed by atoms with Crippen molar-refractivity contribution in [3.05, 3.63) is 59.4 Å². The lowest BCUT2D eigenvalue weighted by molar-refractivity contribution is -0.201. The van der Waals surface area contributed by atoms with E-state index in [1.54, 1.807) is 13.8 Å². The Morgan fingerprint density at radius 2 is 1.82 bits per heavy atom. The van der Waals surface area contributed by atoms with Crippen molar-refractivity contribution in [3.8, 4) is 0 Å². The molecule has 0 spiro atoms. The van der Waals surface area contributed by atoms with Crippen LogP contribution in [0.3, 0.4) is 0 Å². The Morgan fingerprint density at radius 1 is 1.12 bits per heavy atom. The number of nitrogens with one attached hydrogen (secondary N) is 1. The zero-order chi connectivity index (χ0) is 28.5. The maximum atomic E-state index is 12.8. The van der Waals surface area contributed by atoms with E-state index in [1.807, 2.05) is 54.9 Å². The highest BCUT2D eigenvalue weighted by Gasteiger charge is 2.56. The summed E-state index contributed by atoms with van der Waals surface area (Å²) in [6, 6.07) is 14.1. The largest absolute Gasteiger partial charge is 0.378 e. The van der Waals surface area contributed by atoms with Crippen LogP contribution in [0.2, 0.25) is 5.15 Å². The van der Waals surface area contributed by atoms with Crippen LogP contribution in [-0.2, 0) is 32.6 Å². The Bertz CT molecular complexity index is 1340. The molecule has 0 radical (unpaired) electrons. The molecule has 218 valence electrons. The van der Waals surface area contributed by atoms with Gasteiger partial charge in [0.2, 0.25) is 0 Å². The Hall–Kier alpha value is -2.01. The molecular formula is C28H37ClN3O7P. The van der Waals surface area contributed by atoms with Gasteiger partial charge in [-0.1, -0.05) is 41.9 Å². The molecule has 2 fully saturated rings. The molecule has 12 heteroatoms. The summed E-state index contributed by atoms with van der Waals surface area (Å²) in [7, 11) is -3.36. The minimum absolute atomic E-state index is 0.0524. The van der Waals surface area contributed by atoms with Gasteiger partial charge in [-0.05, 0) is 52.3 Å². The van der Waals surface area contributed by atoms with E-state index in [-0.39, 0.29) is 32.2 Å². The average molecular weight is 594 g/mol. The molecule has 1 aromatic carbocycles. The summed E-state index contributed by atoms with van der Waals surface area (Å²) < 4.78 is 50.2. The number of nitrogens with zero attached hydrogens (tertiary/aromatic N) is 2. The summed E-state index contributed by atoms with van der Waals surface area (Å²) in [5.41, 5.74) is 2.68. The molecule has 0 unspecified atom stereocenters. The third-order valence-corrected chi connectivity index (χ3v) is 8.90. The van der Waals surface area contributed by atoms with Gasteiger partial charge in [0.15, 0.2) is 12.0 Å². The number of aromatic nitrogens is 2. The highest BCUT2D eigenvalue weighted by Crippen LogP contribution is 2.49. The number of pyridine rings is 1. The lowest BCUT2D eigenvalue weighted by Crippen LogP contribution is -2.33. The third kappa shape index (κ3) is 6.25. The molecule has 5 atom stereocenters. The molecule has 2 aromatic heterocycles. The van der Waals surface area contributed by atoms with Crippen LogP contribution in [0.5, 0.6) is 0 Å². The molecule has 0 aliphatic carbocycles. The van der Waals surface area contributed by atoms with Gasteiger partial charge in [-0.3, -0.25) is 4.57 Å². The van der Waals surface area contributed by atoms with Crippen molar-refractivity contribution < 1.29 is 32.6 Å². The highest BCUT2D eigenvalue weighted by molar-refractivity contribution is 7.53. The Morgan fingerprint density at radius 3 is 2.52 bits per heavy atom. The van der Waals surface area contributed by atoms with Gasteiger partial charge in [-0.2, -0.15) is 0 Å². The number of ether oxygens (including phenoxy) is 4. The first-order valence-corrected chi connectivity index (χ1v) is 15.7. The van der Waals surface area contributed by atoms with Crippen LogP contribution in [0, 0.1) is 0 Å². The van der Waals surface area contributed by atoms with E-state index < -0.39 is 37.9 Å². The Balaban J connectivity index is 1.38. The van der Waals surface area contributed by atoms with Crippen LogP contribution in [-0.4, -0.2) is 59.8 Å². The van der Waals surface area contributed by atoms with Crippen molar-refractivity contribution >= 4 is 35.9 Å². The topological polar surface area (TPSA) is 102 Å². The predicted molar refractivity (Wildman–Crippen MR) is 153 cm³/mol. The van der Waals surface area contributed by atoms with Gasteiger partial charge < -0.3 is 37.9 Å². The highest BCUT2D eigenvalue weighted by atomic mass is 35.5. The molecule has 4 heterocycles. The van der Waals surface area contributed by atoms with Crippen molar-refractivity contribution in [2.75, 3.05) is 31.5 Å². The van der Waals surface area contributed by atoms with Crippen LogP contribution >= 0.6 is 19.2 Å². The zero-order valence-corrected chi connectivity index (χ0v) is 25.1. The van der Waals surface area contributed by atoms with Crippen molar-refractivity contribution in [1.82, 2.24) is 9.55 Å². The molecule has 2 aliphatic rings. The summed E-state index contributed by atoms with van der Waals surface area (Å²) in [4.78, 5) is 4.64. The Labute approximate surface area is 239 Å². The van der Waals surface area contributed by atoms with E-state index in [0.717, 1.165) is 16.6 Å². The van der Waals surface area contributed by atoms with Crippen molar-refractivity contribution in [2.45, 2.75) is 71.0 Å². The normalized spacial score (nSPS) is 24.9. The molecule has 0 saturated carbocycles. The fourth-order valence-corrected chi connectivity index (χ4v) is 6.81. The number of hydrogen-bond donors (Lipinski definition) is 1. The van der Waals surface area contributed by atoms with E-state index in [9.17, 15) is 4.57 Å². The third-order valence-electron chi connectivity index (χ3n) is 6.91. The fraction of sp³-hybridized carbons (Fsp3) is 0.536. The lowest BCUT2D eigenvalue weighted by Gasteiger charge is -2.25. The molecule has 1 N–H and O–H groups in total. The smallest absolute Gasteiger partial charge is 0.356 e. The summed E-state index contributed by atoms with van der Waals surface area (Å²) in [5.74, 6) is -0.812. The number of halogens is 1. The second kappa shape index (κ2) is 12.1.